The first kappa shape index (κ1) is 12.0. The highest BCUT2D eigenvalue weighted by molar-refractivity contribution is 7.90. The van der Waals surface area contributed by atoms with E-state index in [-0.39, 0.29) is 16.6 Å². The number of Topliss-reactive ketones (excluding diaryl/α,β-unsaturated/α-hetero) is 1. The zero-order valence-corrected chi connectivity index (χ0v) is 9.77. The molecule has 0 saturated carbocycles. The van der Waals surface area contributed by atoms with Gasteiger partial charge in [-0.2, -0.15) is 8.42 Å². The second-order valence-corrected chi connectivity index (χ2v) is 5.51. The molecule has 0 radical (unpaired) electrons. The lowest BCUT2D eigenvalue weighted by Crippen LogP contribution is -2.53. The third-order valence-corrected chi connectivity index (χ3v) is 3.82. The lowest BCUT2D eigenvalue weighted by Gasteiger charge is -2.32. The van der Waals surface area contributed by atoms with Gasteiger partial charge in [-0.1, -0.05) is 12.2 Å². The van der Waals surface area contributed by atoms with Crippen molar-refractivity contribution in [3.8, 4) is 0 Å². The van der Waals surface area contributed by atoms with Gasteiger partial charge in [-0.05, 0) is 13.0 Å². The SMILES string of the molecule is CC1C(=O)NC2C=CC(S(=O)(=O)O)=CC2C1=O. The summed E-state index contributed by atoms with van der Waals surface area (Å²) in [6, 6.07) is -0.531. The van der Waals surface area contributed by atoms with Crippen molar-refractivity contribution in [2.75, 3.05) is 0 Å². The quantitative estimate of drug-likeness (QED) is 0.494. The lowest BCUT2D eigenvalue weighted by molar-refractivity contribution is -0.139. The number of amides is 1. The van der Waals surface area contributed by atoms with Gasteiger partial charge in [0.05, 0.1) is 22.8 Å². The van der Waals surface area contributed by atoms with Crippen molar-refractivity contribution in [2.24, 2.45) is 11.8 Å². The first-order chi connectivity index (χ1) is 7.80. The van der Waals surface area contributed by atoms with Crippen LogP contribution in [0.4, 0.5) is 0 Å². The Morgan fingerprint density at radius 2 is 2.00 bits per heavy atom. The molecule has 1 fully saturated rings. The van der Waals surface area contributed by atoms with Crippen LogP contribution in [-0.4, -0.2) is 30.7 Å². The number of piperidine rings is 1. The third-order valence-electron chi connectivity index (χ3n) is 2.95. The molecule has 2 rings (SSSR count). The van der Waals surface area contributed by atoms with Crippen LogP contribution < -0.4 is 5.32 Å². The summed E-state index contributed by atoms with van der Waals surface area (Å²) < 4.78 is 30.8. The highest BCUT2D eigenvalue weighted by Gasteiger charge is 2.40. The Morgan fingerprint density at radius 3 is 2.59 bits per heavy atom. The third kappa shape index (κ3) is 2.03. The van der Waals surface area contributed by atoms with Crippen LogP contribution in [0.5, 0.6) is 0 Å². The molecule has 0 bridgehead atoms. The molecule has 2 aliphatic rings. The van der Waals surface area contributed by atoms with Gasteiger partial charge in [0.15, 0.2) is 5.78 Å². The summed E-state index contributed by atoms with van der Waals surface area (Å²) in [5, 5.41) is 2.60. The predicted molar refractivity (Wildman–Crippen MR) is 58.4 cm³/mol. The van der Waals surface area contributed by atoms with E-state index in [1.54, 1.807) is 0 Å². The summed E-state index contributed by atoms with van der Waals surface area (Å²) in [4.78, 5) is 22.9. The molecule has 0 spiro atoms. The molecular weight excluding hydrogens is 246 g/mol. The largest absolute Gasteiger partial charge is 0.348 e. The maximum absolute atomic E-state index is 11.8. The minimum Gasteiger partial charge on any atom is -0.348 e. The average molecular weight is 257 g/mol. The maximum Gasteiger partial charge on any atom is 0.294 e. The summed E-state index contributed by atoms with van der Waals surface area (Å²) in [6.45, 7) is 1.47. The number of ketones is 1. The molecule has 1 saturated heterocycles. The summed E-state index contributed by atoms with van der Waals surface area (Å²) in [5.74, 6) is -2.25. The van der Waals surface area contributed by atoms with E-state index in [0.717, 1.165) is 0 Å². The van der Waals surface area contributed by atoms with Gasteiger partial charge in [-0.3, -0.25) is 14.1 Å². The summed E-state index contributed by atoms with van der Waals surface area (Å²) in [6.07, 6.45) is 3.76. The van der Waals surface area contributed by atoms with Crippen molar-refractivity contribution in [1.82, 2.24) is 5.32 Å². The van der Waals surface area contributed by atoms with Crippen molar-refractivity contribution >= 4 is 21.8 Å². The van der Waals surface area contributed by atoms with Gasteiger partial charge >= 0.3 is 0 Å². The number of carbonyl (C=O) groups is 2. The van der Waals surface area contributed by atoms with Crippen molar-refractivity contribution in [1.29, 1.82) is 0 Å². The van der Waals surface area contributed by atoms with Crippen molar-refractivity contribution in [3.63, 3.8) is 0 Å². The molecule has 1 amide bonds. The summed E-state index contributed by atoms with van der Waals surface area (Å²) in [5.41, 5.74) is 0. The van der Waals surface area contributed by atoms with Crippen molar-refractivity contribution in [3.05, 3.63) is 23.1 Å². The zero-order valence-electron chi connectivity index (χ0n) is 8.95. The Kier molecular flexibility index (Phi) is 2.67. The fourth-order valence-corrected chi connectivity index (χ4v) is 2.50. The highest BCUT2D eigenvalue weighted by Crippen LogP contribution is 2.27. The number of nitrogens with one attached hydrogen (secondary N) is 1. The van der Waals surface area contributed by atoms with Gasteiger partial charge in [0.1, 0.15) is 0 Å². The number of hydrogen-bond donors (Lipinski definition) is 2. The van der Waals surface area contributed by atoms with Crippen LogP contribution in [0.2, 0.25) is 0 Å². The topological polar surface area (TPSA) is 101 Å². The molecule has 17 heavy (non-hydrogen) atoms. The predicted octanol–water partition coefficient (Wildman–Crippen LogP) is -0.352. The first-order valence-electron chi connectivity index (χ1n) is 5.02. The molecule has 2 N–H and O–H groups in total. The van der Waals surface area contributed by atoms with Crippen LogP contribution in [0.25, 0.3) is 0 Å². The molecular formula is C10H11NO5S. The second-order valence-electron chi connectivity index (χ2n) is 4.09. The average Bonchev–Trinajstić information content (AvgIpc) is 2.24. The smallest absolute Gasteiger partial charge is 0.294 e. The molecule has 0 aromatic carbocycles. The van der Waals surface area contributed by atoms with Crippen molar-refractivity contribution in [2.45, 2.75) is 13.0 Å². The van der Waals surface area contributed by atoms with E-state index in [2.05, 4.69) is 5.32 Å². The van der Waals surface area contributed by atoms with E-state index < -0.39 is 28.0 Å². The molecule has 92 valence electrons. The van der Waals surface area contributed by atoms with E-state index in [1.165, 1.54) is 25.2 Å². The lowest BCUT2D eigenvalue weighted by atomic mass is 9.81. The van der Waals surface area contributed by atoms with E-state index >= 15 is 0 Å². The van der Waals surface area contributed by atoms with Gasteiger partial charge in [0.2, 0.25) is 5.91 Å². The number of fused-ring (bicyclic) bond motifs is 1. The van der Waals surface area contributed by atoms with Gasteiger partial charge in [0.25, 0.3) is 10.1 Å². The van der Waals surface area contributed by atoms with Gasteiger partial charge < -0.3 is 5.32 Å². The molecule has 7 heteroatoms. The van der Waals surface area contributed by atoms with Gasteiger partial charge in [-0.15, -0.1) is 0 Å². The number of allylic oxidation sites excluding steroid dienone is 1. The molecule has 1 heterocycles. The van der Waals surface area contributed by atoms with Gasteiger partial charge in [-0.25, -0.2) is 0 Å². The second kappa shape index (κ2) is 3.78. The van der Waals surface area contributed by atoms with E-state index in [9.17, 15) is 18.0 Å². The maximum atomic E-state index is 11.8. The van der Waals surface area contributed by atoms with Crippen LogP contribution in [-0.2, 0) is 19.7 Å². The molecule has 3 atom stereocenters. The summed E-state index contributed by atoms with van der Waals surface area (Å²) in [7, 11) is -4.32. The number of carbonyl (C=O) groups excluding carboxylic acids is 2. The molecule has 1 aliphatic heterocycles. The van der Waals surface area contributed by atoms with Crippen LogP contribution in [0.1, 0.15) is 6.92 Å². The van der Waals surface area contributed by atoms with Crippen molar-refractivity contribution < 1.29 is 22.6 Å². The Labute approximate surface area is 98.1 Å². The van der Waals surface area contributed by atoms with Crippen LogP contribution in [0.3, 0.4) is 0 Å². The van der Waals surface area contributed by atoms with E-state index in [1.807, 2.05) is 0 Å². The Hall–Kier alpha value is -1.47. The summed E-state index contributed by atoms with van der Waals surface area (Å²) >= 11 is 0. The molecule has 0 aromatic heterocycles. The molecule has 6 nitrogen and oxygen atoms in total. The van der Waals surface area contributed by atoms with Crippen LogP contribution in [0.15, 0.2) is 23.1 Å². The monoisotopic (exact) mass is 257 g/mol. The highest BCUT2D eigenvalue weighted by atomic mass is 32.2. The number of hydrogen-bond acceptors (Lipinski definition) is 4. The first-order valence-corrected chi connectivity index (χ1v) is 6.46. The van der Waals surface area contributed by atoms with Gasteiger partial charge in [0, 0.05) is 0 Å². The molecule has 3 unspecified atom stereocenters. The molecule has 0 aromatic rings. The minimum atomic E-state index is -4.32. The van der Waals surface area contributed by atoms with Crippen LogP contribution >= 0.6 is 0 Å². The van der Waals surface area contributed by atoms with E-state index in [4.69, 9.17) is 4.55 Å². The van der Waals surface area contributed by atoms with Crippen LogP contribution in [0, 0.1) is 11.8 Å². The fraction of sp³-hybridized carbons (Fsp3) is 0.400. The number of rotatable bonds is 1. The Bertz CT molecular complexity index is 545. The normalized spacial score (nSPS) is 32.8. The minimum absolute atomic E-state index is 0.310. The Morgan fingerprint density at radius 1 is 1.35 bits per heavy atom. The Balaban J connectivity index is 2.39. The fourth-order valence-electron chi connectivity index (χ4n) is 1.93. The zero-order chi connectivity index (χ0) is 12.8. The standard InChI is InChI=1S/C10H11NO5S/c1-5-9(12)7-4-6(17(14,15)16)2-3-8(7)11-10(5)13/h2-5,7-8H,1H3,(H,11,13)(H,14,15,16). The molecule has 1 aliphatic carbocycles. The van der Waals surface area contributed by atoms with E-state index in [0.29, 0.717) is 0 Å².